The minimum absolute atomic E-state index is 0.0227. The molecule has 3 aromatic carbocycles. The average Bonchev–Trinajstić information content (AvgIpc) is 3.46. The molecule has 36 heavy (non-hydrogen) atoms. The zero-order valence-corrected chi connectivity index (χ0v) is 20.8. The Balaban J connectivity index is 1.75. The van der Waals surface area contributed by atoms with Crippen molar-refractivity contribution in [3.8, 4) is 17.2 Å². The van der Waals surface area contributed by atoms with Gasteiger partial charge in [-0.1, -0.05) is 23.7 Å². The predicted octanol–water partition coefficient (Wildman–Crippen LogP) is 5.23. The van der Waals surface area contributed by atoms with Gasteiger partial charge in [0.05, 0.1) is 32.4 Å². The Morgan fingerprint density at radius 1 is 1.03 bits per heavy atom. The monoisotopic (exact) mass is 505 g/mol. The molecule has 0 radical (unpaired) electrons. The SMILES string of the molecule is COc1ccc(C2/C(=C(\O)c3ccc4c(c3)CCO4)C(=O)C(=O)N2c2cc(Cl)ccc2C)cc1OC. The maximum absolute atomic E-state index is 13.5. The number of aliphatic hydroxyl groups is 1. The number of halogens is 1. The van der Waals surface area contributed by atoms with Crippen molar-refractivity contribution in [3.63, 3.8) is 0 Å². The summed E-state index contributed by atoms with van der Waals surface area (Å²) in [5.74, 6) is -0.133. The topological polar surface area (TPSA) is 85.3 Å². The quantitative estimate of drug-likeness (QED) is 0.290. The van der Waals surface area contributed by atoms with Gasteiger partial charge < -0.3 is 19.3 Å². The van der Waals surface area contributed by atoms with Crippen LogP contribution >= 0.6 is 11.6 Å². The first-order valence-corrected chi connectivity index (χ1v) is 11.8. The summed E-state index contributed by atoms with van der Waals surface area (Å²) in [5, 5.41) is 11.9. The summed E-state index contributed by atoms with van der Waals surface area (Å²) >= 11 is 6.28. The fourth-order valence-electron chi connectivity index (χ4n) is 4.75. The molecule has 3 aromatic rings. The Morgan fingerprint density at radius 3 is 2.56 bits per heavy atom. The van der Waals surface area contributed by atoms with Crippen molar-refractivity contribution in [1.82, 2.24) is 0 Å². The predicted molar refractivity (Wildman–Crippen MR) is 136 cm³/mol. The van der Waals surface area contributed by atoms with Gasteiger partial charge in [0.25, 0.3) is 11.7 Å². The van der Waals surface area contributed by atoms with Gasteiger partial charge in [0.2, 0.25) is 0 Å². The standard InChI is InChI=1S/C28H24ClNO6/c1-15-4-7-19(29)14-20(15)30-25(17-5-9-22(34-2)23(13-17)35-3)24(27(32)28(30)33)26(31)18-6-8-21-16(12-18)10-11-36-21/h4-9,12-14,25,31H,10-11H2,1-3H3/b26-24+. The lowest BCUT2D eigenvalue weighted by Gasteiger charge is -2.27. The highest BCUT2D eigenvalue weighted by Crippen LogP contribution is 2.45. The molecule has 0 aliphatic carbocycles. The number of nitrogens with zero attached hydrogens (tertiary/aromatic N) is 1. The highest BCUT2D eigenvalue weighted by molar-refractivity contribution is 6.52. The van der Waals surface area contributed by atoms with E-state index in [0.29, 0.717) is 46.4 Å². The van der Waals surface area contributed by atoms with E-state index in [1.54, 1.807) is 54.6 Å². The highest BCUT2D eigenvalue weighted by atomic mass is 35.5. The zero-order valence-electron chi connectivity index (χ0n) is 20.0. The molecule has 2 aliphatic heterocycles. The Labute approximate surface area is 213 Å². The van der Waals surface area contributed by atoms with Crippen LogP contribution in [0.5, 0.6) is 17.2 Å². The number of hydrogen-bond donors (Lipinski definition) is 1. The lowest BCUT2D eigenvalue weighted by atomic mass is 9.94. The number of ether oxygens (including phenoxy) is 3. The number of carbonyl (C=O) groups is 2. The summed E-state index contributed by atoms with van der Waals surface area (Å²) in [6, 6.07) is 14.6. The lowest BCUT2D eigenvalue weighted by molar-refractivity contribution is -0.132. The zero-order chi connectivity index (χ0) is 25.6. The second kappa shape index (κ2) is 9.24. The molecule has 1 unspecified atom stereocenters. The summed E-state index contributed by atoms with van der Waals surface area (Å²) in [4.78, 5) is 28.3. The molecular formula is C28H24ClNO6. The molecule has 0 spiro atoms. The third-order valence-corrected chi connectivity index (χ3v) is 6.80. The van der Waals surface area contributed by atoms with Crippen molar-refractivity contribution in [2.45, 2.75) is 19.4 Å². The molecule has 0 bridgehead atoms. The molecule has 1 N–H and O–H groups in total. The number of amides is 1. The van der Waals surface area contributed by atoms with E-state index in [9.17, 15) is 14.7 Å². The van der Waals surface area contributed by atoms with Gasteiger partial charge in [0.15, 0.2) is 11.5 Å². The van der Waals surface area contributed by atoms with Crippen LogP contribution in [0.2, 0.25) is 5.02 Å². The number of anilines is 1. The number of Topliss-reactive ketones (excluding diaryl/α,β-unsaturated/α-hetero) is 1. The number of carbonyl (C=O) groups excluding carboxylic acids is 2. The molecule has 1 saturated heterocycles. The molecule has 2 heterocycles. The molecule has 8 heteroatoms. The normalized spacial score (nSPS) is 18.2. The number of rotatable bonds is 5. The minimum Gasteiger partial charge on any atom is -0.507 e. The number of fused-ring (bicyclic) bond motifs is 1. The molecule has 1 fully saturated rings. The van der Waals surface area contributed by atoms with Crippen molar-refractivity contribution in [2.75, 3.05) is 25.7 Å². The van der Waals surface area contributed by atoms with Crippen molar-refractivity contribution < 1.29 is 28.9 Å². The summed E-state index contributed by atoms with van der Waals surface area (Å²) in [7, 11) is 3.03. The van der Waals surface area contributed by atoms with Crippen LogP contribution < -0.4 is 19.1 Å². The van der Waals surface area contributed by atoms with Crippen molar-refractivity contribution in [1.29, 1.82) is 0 Å². The smallest absolute Gasteiger partial charge is 0.300 e. The number of ketones is 1. The third kappa shape index (κ3) is 3.85. The van der Waals surface area contributed by atoms with Crippen LogP contribution in [0.15, 0.2) is 60.2 Å². The van der Waals surface area contributed by atoms with E-state index in [4.69, 9.17) is 25.8 Å². The van der Waals surface area contributed by atoms with E-state index in [1.165, 1.54) is 19.1 Å². The van der Waals surface area contributed by atoms with Gasteiger partial charge in [-0.25, -0.2) is 0 Å². The van der Waals surface area contributed by atoms with E-state index in [-0.39, 0.29) is 11.3 Å². The molecule has 2 aliphatic rings. The van der Waals surface area contributed by atoms with Crippen molar-refractivity contribution in [3.05, 3.63) is 87.4 Å². The highest BCUT2D eigenvalue weighted by Gasteiger charge is 2.47. The first-order chi connectivity index (χ1) is 17.3. The van der Waals surface area contributed by atoms with Crippen LogP contribution in [-0.4, -0.2) is 37.6 Å². The van der Waals surface area contributed by atoms with Crippen LogP contribution in [-0.2, 0) is 16.0 Å². The third-order valence-electron chi connectivity index (χ3n) is 6.56. The molecule has 184 valence electrons. The van der Waals surface area contributed by atoms with E-state index in [1.807, 2.05) is 6.92 Å². The molecular weight excluding hydrogens is 482 g/mol. The molecule has 0 aromatic heterocycles. The number of aryl methyl sites for hydroxylation is 1. The molecule has 1 amide bonds. The van der Waals surface area contributed by atoms with Gasteiger partial charge in [-0.05, 0) is 66.1 Å². The van der Waals surface area contributed by atoms with Crippen LogP contribution in [0, 0.1) is 6.92 Å². The Kier molecular flexibility index (Phi) is 6.10. The van der Waals surface area contributed by atoms with E-state index < -0.39 is 17.7 Å². The van der Waals surface area contributed by atoms with Crippen LogP contribution in [0.1, 0.15) is 28.3 Å². The van der Waals surface area contributed by atoms with E-state index in [0.717, 1.165) is 16.9 Å². The number of hydrogen-bond acceptors (Lipinski definition) is 6. The maximum atomic E-state index is 13.5. The Bertz CT molecular complexity index is 1430. The van der Waals surface area contributed by atoms with Crippen LogP contribution in [0.3, 0.4) is 0 Å². The van der Waals surface area contributed by atoms with E-state index >= 15 is 0 Å². The second-order valence-electron chi connectivity index (χ2n) is 8.64. The number of aliphatic hydroxyl groups excluding tert-OH is 1. The van der Waals surface area contributed by atoms with E-state index in [2.05, 4.69) is 0 Å². The van der Waals surface area contributed by atoms with Crippen molar-refractivity contribution in [2.24, 2.45) is 0 Å². The second-order valence-corrected chi connectivity index (χ2v) is 9.07. The molecule has 5 rings (SSSR count). The van der Waals surface area contributed by atoms with Crippen LogP contribution in [0.25, 0.3) is 5.76 Å². The Morgan fingerprint density at radius 2 is 1.81 bits per heavy atom. The molecule has 1 atom stereocenters. The molecule has 7 nitrogen and oxygen atoms in total. The molecule has 0 saturated carbocycles. The fraction of sp³-hybridized carbons (Fsp3) is 0.214. The number of methoxy groups -OCH3 is 2. The number of benzene rings is 3. The van der Waals surface area contributed by atoms with Gasteiger partial charge in [-0.2, -0.15) is 0 Å². The maximum Gasteiger partial charge on any atom is 0.300 e. The Hall–Kier alpha value is -3.97. The largest absolute Gasteiger partial charge is 0.507 e. The lowest BCUT2D eigenvalue weighted by Crippen LogP contribution is -2.30. The summed E-state index contributed by atoms with van der Waals surface area (Å²) in [6.07, 6.45) is 0.700. The first kappa shape index (κ1) is 23.8. The first-order valence-electron chi connectivity index (χ1n) is 11.4. The average molecular weight is 506 g/mol. The minimum atomic E-state index is -0.925. The summed E-state index contributed by atoms with van der Waals surface area (Å²) < 4.78 is 16.4. The summed E-state index contributed by atoms with van der Waals surface area (Å²) in [6.45, 7) is 2.39. The van der Waals surface area contributed by atoms with Gasteiger partial charge in [-0.15, -0.1) is 0 Å². The van der Waals surface area contributed by atoms with Crippen LogP contribution in [0.4, 0.5) is 5.69 Å². The fourth-order valence-corrected chi connectivity index (χ4v) is 4.92. The van der Waals surface area contributed by atoms with Gasteiger partial charge in [0, 0.05) is 22.7 Å². The van der Waals surface area contributed by atoms with Crippen molar-refractivity contribution >= 4 is 34.7 Å². The van der Waals surface area contributed by atoms with Gasteiger partial charge >= 0.3 is 0 Å². The van der Waals surface area contributed by atoms with Gasteiger partial charge in [-0.3, -0.25) is 14.5 Å². The van der Waals surface area contributed by atoms with Gasteiger partial charge in [0.1, 0.15) is 11.5 Å². The summed E-state index contributed by atoms with van der Waals surface area (Å²) in [5.41, 5.74) is 3.14.